The lowest BCUT2D eigenvalue weighted by molar-refractivity contribution is -0.131. The SMILES string of the molecule is CCN(CC)C(=O)Cn1c(=O)n(Cc2ccc(C(=O)N3CCOCC3)cc2)c(=O)c2cc(OC)c(OC)cc21. The van der Waals surface area contributed by atoms with Gasteiger partial charge >= 0.3 is 5.69 Å². The molecule has 2 heterocycles. The van der Waals surface area contributed by atoms with Crippen molar-refractivity contribution >= 4 is 22.7 Å². The van der Waals surface area contributed by atoms with E-state index in [1.807, 2.05) is 13.8 Å². The molecule has 208 valence electrons. The second-order valence-corrected chi connectivity index (χ2v) is 9.15. The van der Waals surface area contributed by atoms with E-state index in [0.717, 1.165) is 4.57 Å². The Morgan fingerprint density at radius 2 is 1.54 bits per heavy atom. The molecule has 2 amide bonds. The van der Waals surface area contributed by atoms with Gasteiger partial charge in [0.15, 0.2) is 11.5 Å². The van der Waals surface area contributed by atoms with E-state index in [-0.39, 0.29) is 35.8 Å². The van der Waals surface area contributed by atoms with Crippen LogP contribution in [0.3, 0.4) is 0 Å². The van der Waals surface area contributed by atoms with Gasteiger partial charge in [-0.1, -0.05) is 12.1 Å². The monoisotopic (exact) mass is 538 g/mol. The molecule has 39 heavy (non-hydrogen) atoms. The Morgan fingerprint density at radius 1 is 0.923 bits per heavy atom. The quantitative estimate of drug-likeness (QED) is 0.407. The Balaban J connectivity index is 1.76. The van der Waals surface area contributed by atoms with E-state index in [1.165, 1.54) is 24.9 Å². The molecule has 1 aliphatic heterocycles. The lowest BCUT2D eigenvalue weighted by Gasteiger charge is -2.26. The van der Waals surface area contributed by atoms with Crippen molar-refractivity contribution in [2.45, 2.75) is 26.9 Å². The van der Waals surface area contributed by atoms with Crippen LogP contribution in [0.25, 0.3) is 10.9 Å². The molecule has 1 aliphatic rings. The Bertz CT molecular complexity index is 1470. The number of fused-ring (bicyclic) bond motifs is 1. The first-order valence-corrected chi connectivity index (χ1v) is 13.0. The van der Waals surface area contributed by atoms with Gasteiger partial charge in [0.25, 0.3) is 11.5 Å². The van der Waals surface area contributed by atoms with Crippen molar-refractivity contribution in [1.82, 2.24) is 18.9 Å². The fourth-order valence-corrected chi connectivity index (χ4v) is 4.73. The molecule has 0 atom stereocenters. The number of carbonyl (C=O) groups excluding carboxylic acids is 2. The van der Waals surface area contributed by atoms with E-state index in [9.17, 15) is 19.2 Å². The van der Waals surface area contributed by atoms with Crippen molar-refractivity contribution in [2.75, 3.05) is 53.6 Å². The number of likely N-dealkylation sites (N-methyl/N-ethyl adjacent to an activating group) is 1. The number of hydrogen-bond donors (Lipinski definition) is 0. The number of methoxy groups -OCH3 is 2. The first-order chi connectivity index (χ1) is 18.8. The van der Waals surface area contributed by atoms with Gasteiger partial charge in [-0.15, -0.1) is 0 Å². The molecule has 0 radical (unpaired) electrons. The van der Waals surface area contributed by atoms with Crippen LogP contribution < -0.4 is 20.7 Å². The molecule has 11 heteroatoms. The Hall–Kier alpha value is -4.12. The number of rotatable bonds is 9. The van der Waals surface area contributed by atoms with Crippen LogP contribution in [0.5, 0.6) is 11.5 Å². The smallest absolute Gasteiger partial charge is 0.332 e. The number of carbonyl (C=O) groups is 2. The van der Waals surface area contributed by atoms with E-state index < -0.39 is 11.2 Å². The number of nitrogens with zero attached hydrogens (tertiary/aromatic N) is 4. The highest BCUT2D eigenvalue weighted by molar-refractivity contribution is 5.94. The molecule has 0 bridgehead atoms. The summed E-state index contributed by atoms with van der Waals surface area (Å²) in [6.07, 6.45) is 0. The molecular weight excluding hydrogens is 504 g/mol. The molecule has 1 fully saturated rings. The Morgan fingerprint density at radius 3 is 2.13 bits per heavy atom. The van der Waals surface area contributed by atoms with E-state index in [1.54, 1.807) is 40.1 Å². The van der Waals surface area contributed by atoms with Gasteiger partial charge in [-0.25, -0.2) is 4.79 Å². The average molecular weight is 539 g/mol. The van der Waals surface area contributed by atoms with Crippen LogP contribution in [0, 0.1) is 0 Å². The van der Waals surface area contributed by atoms with E-state index in [2.05, 4.69) is 0 Å². The minimum Gasteiger partial charge on any atom is -0.493 e. The van der Waals surface area contributed by atoms with Crippen LogP contribution in [-0.2, 0) is 22.6 Å². The van der Waals surface area contributed by atoms with Crippen molar-refractivity contribution in [3.63, 3.8) is 0 Å². The Kier molecular flexibility index (Phi) is 8.70. The van der Waals surface area contributed by atoms with Crippen LogP contribution >= 0.6 is 0 Å². The second-order valence-electron chi connectivity index (χ2n) is 9.15. The largest absolute Gasteiger partial charge is 0.493 e. The van der Waals surface area contributed by atoms with Gasteiger partial charge in [-0.3, -0.25) is 23.5 Å². The molecule has 11 nitrogen and oxygen atoms in total. The number of benzene rings is 2. The summed E-state index contributed by atoms with van der Waals surface area (Å²) in [5.41, 5.74) is 0.329. The zero-order valence-corrected chi connectivity index (χ0v) is 22.8. The highest BCUT2D eigenvalue weighted by Gasteiger charge is 2.21. The maximum atomic E-state index is 13.7. The number of amides is 2. The summed E-state index contributed by atoms with van der Waals surface area (Å²) in [4.78, 5) is 56.4. The molecular formula is C28H34N4O7. The minimum atomic E-state index is -0.617. The third kappa shape index (κ3) is 5.68. The predicted octanol–water partition coefficient (Wildman–Crippen LogP) is 1.57. The molecule has 0 saturated carbocycles. The summed E-state index contributed by atoms with van der Waals surface area (Å²) >= 11 is 0. The van der Waals surface area contributed by atoms with E-state index in [4.69, 9.17) is 14.2 Å². The molecule has 2 aromatic carbocycles. The zero-order chi connectivity index (χ0) is 28.1. The molecule has 1 saturated heterocycles. The summed E-state index contributed by atoms with van der Waals surface area (Å²) in [7, 11) is 2.92. The topological polar surface area (TPSA) is 112 Å². The highest BCUT2D eigenvalue weighted by Crippen LogP contribution is 2.30. The van der Waals surface area contributed by atoms with E-state index >= 15 is 0 Å². The summed E-state index contributed by atoms with van der Waals surface area (Å²) in [6, 6.07) is 9.90. The van der Waals surface area contributed by atoms with Gasteiger partial charge in [0.1, 0.15) is 6.54 Å². The van der Waals surface area contributed by atoms with Gasteiger partial charge in [0, 0.05) is 37.8 Å². The summed E-state index contributed by atoms with van der Waals surface area (Å²) in [5.74, 6) is 0.339. The number of aromatic nitrogens is 2. The van der Waals surface area contributed by atoms with Crippen LogP contribution in [0.15, 0.2) is 46.0 Å². The minimum absolute atomic E-state index is 0.0343. The van der Waals surface area contributed by atoms with Gasteiger partial charge < -0.3 is 24.0 Å². The zero-order valence-electron chi connectivity index (χ0n) is 22.8. The average Bonchev–Trinajstić information content (AvgIpc) is 2.97. The summed E-state index contributed by atoms with van der Waals surface area (Å²) in [5, 5.41) is 0.221. The van der Waals surface area contributed by atoms with Crippen LogP contribution in [0.1, 0.15) is 29.8 Å². The van der Waals surface area contributed by atoms with Crippen molar-refractivity contribution in [3.8, 4) is 11.5 Å². The van der Waals surface area contributed by atoms with Gasteiger partial charge in [-0.05, 0) is 37.6 Å². The predicted molar refractivity (Wildman–Crippen MR) is 146 cm³/mol. The van der Waals surface area contributed by atoms with Gasteiger partial charge in [0.05, 0.1) is 44.9 Å². The van der Waals surface area contributed by atoms with Gasteiger partial charge in [0.2, 0.25) is 5.91 Å². The van der Waals surface area contributed by atoms with Crippen molar-refractivity contribution in [2.24, 2.45) is 0 Å². The lowest BCUT2D eigenvalue weighted by atomic mass is 10.1. The third-order valence-electron chi connectivity index (χ3n) is 6.98. The van der Waals surface area contributed by atoms with Crippen molar-refractivity contribution < 1.29 is 23.8 Å². The molecule has 0 N–H and O–H groups in total. The lowest BCUT2D eigenvalue weighted by Crippen LogP contribution is -2.43. The van der Waals surface area contributed by atoms with Crippen LogP contribution in [-0.4, -0.2) is 84.4 Å². The fraction of sp³-hybridized carbons (Fsp3) is 0.429. The molecule has 0 spiro atoms. The third-order valence-corrected chi connectivity index (χ3v) is 6.98. The van der Waals surface area contributed by atoms with Crippen LogP contribution in [0.4, 0.5) is 0 Å². The van der Waals surface area contributed by atoms with Crippen LogP contribution in [0.2, 0.25) is 0 Å². The number of morpholine rings is 1. The first-order valence-electron chi connectivity index (χ1n) is 13.0. The fourth-order valence-electron chi connectivity index (χ4n) is 4.73. The normalized spacial score (nSPS) is 13.4. The Labute approximate surface area is 226 Å². The molecule has 4 rings (SSSR count). The molecule has 3 aromatic rings. The van der Waals surface area contributed by atoms with E-state index in [0.29, 0.717) is 62.0 Å². The maximum Gasteiger partial charge on any atom is 0.332 e. The molecule has 1 aromatic heterocycles. The summed E-state index contributed by atoms with van der Waals surface area (Å²) < 4.78 is 18.5. The number of ether oxygens (including phenoxy) is 3. The molecule has 0 aliphatic carbocycles. The second kappa shape index (κ2) is 12.2. The standard InChI is InChI=1S/C28H34N4O7/c1-5-29(6-2)25(33)18-31-22-16-24(38-4)23(37-3)15-21(22)27(35)32(28(31)36)17-19-7-9-20(10-8-19)26(34)30-11-13-39-14-12-30/h7-10,15-16H,5-6,11-14,17-18H2,1-4H3. The van der Waals surface area contributed by atoms with Crippen molar-refractivity contribution in [3.05, 3.63) is 68.4 Å². The maximum absolute atomic E-state index is 13.7. The van der Waals surface area contributed by atoms with Crippen molar-refractivity contribution in [1.29, 1.82) is 0 Å². The summed E-state index contributed by atoms with van der Waals surface area (Å²) in [6.45, 7) is 6.54. The van der Waals surface area contributed by atoms with Gasteiger partial charge in [-0.2, -0.15) is 0 Å². The first kappa shape index (κ1) is 27.9. The number of hydrogen-bond acceptors (Lipinski definition) is 7. The highest BCUT2D eigenvalue weighted by atomic mass is 16.5. The molecule has 0 unspecified atom stereocenters.